The van der Waals surface area contributed by atoms with Crippen LogP contribution in [0.15, 0.2) is 42.5 Å². The minimum Gasteiger partial charge on any atom is -0.497 e. The van der Waals surface area contributed by atoms with E-state index in [-0.39, 0.29) is 5.91 Å². The quantitative estimate of drug-likeness (QED) is 0.808. The average molecular weight is 379 g/mol. The van der Waals surface area contributed by atoms with Crippen molar-refractivity contribution < 1.29 is 9.53 Å². The van der Waals surface area contributed by atoms with Gasteiger partial charge in [0.15, 0.2) is 0 Å². The Balaban J connectivity index is 1.57. The number of hydrogen-bond donors (Lipinski definition) is 0. The molecule has 0 N–H and O–H groups in total. The molecule has 0 bridgehead atoms. The van der Waals surface area contributed by atoms with E-state index in [9.17, 15) is 4.79 Å². The number of carbonyl (C=O) groups excluding carboxylic acids is 1. The molecule has 6 heteroatoms. The third-order valence-electron chi connectivity index (χ3n) is 4.39. The normalized spacial score (nSPS) is 14.5. The van der Waals surface area contributed by atoms with Crippen LogP contribution in [0.1, 0.15) is 5.56 Å². The van der Waals surface area contributed by atoms with Crippen LogP contribution in [0.25, 0.3) is 0 Å². The van der Waals surface area contributed by atoms with Gasteiger partial charge in [-0.3, -0.25) is 4.79 Å². The second-order valence-electron chi connectivity index (χ2n) is 5.99. The van der Waals surface area contributed by atoms with E-state index >= 15 is 0 Å². The van der Waals surface area contributed by atoms with Crippen LogP contribution in [0, 0.1) is 0 Å². The number of halogens is 2. The van der Waals surface area contributed by atoms with Gasteiger partial charge in [-0.25, -0.2) is 0 Å². The van der Waals surface area contributed by atoms with Gasteiger partial charge in [0, 0.05) is 37.9 Å². The Labute approximate surface area is 157 Å². The predicted molar refractivity (Wildman–Crippen MR) is 102 cm³/mol. The number of ether oxygens (including phenoxy) is 1. The Morgan fingerprint density at radius 1 is 1.04 bits per heavy atom. The predicted octanol–water partition coefficient (Wildman–Crippen LogP) is 3.89. The summed E-state index contributed by atoms with van der Waals surface area (Å²) in [7, 11) is 1.67. The Morgan fingerprint density at radius 3 is 2.48 bits per heavy atom. The van der Waals surface area contributed by atoms with Crippen LogP contribution in [0.4, 0.5) is 5.69 Å². The summed E-state index contributed by atoms with van der Waals surface area (Å²) in [5, 5.41) is 0.986. The lowest BCUT2D eigenvalue weighted by atomic mass is 10.1. The van der Waals surface area contributed by atoms with E-state index in [0.29, 0.717) is 29.6 Å². The highest BCUT2D eigenvalue weighted by Gasteiger charge is 2.21. The van der Waals surface area contributed by atoms with E-state index in [2.05, 4.69) is 11.0 Å². The van der Waals surface area contributed by atoms with Crippen LogP contribution in [0.2, 0.25) is 10.0 Å². The van der Waals surface area contributed by atoms with E-state index in [4.69, 9.17) is 27.9 Å². The number of rotatable bonds is 4. The fourth-order valence-electron chi connectivity index (χ4n) is 2.96. The molecule has 132 valence electrons. The van der Waals surface area contributed by atoms with Crippen molar-refractivity contribution in [1.82, 2.24) is 4.90 Å². The molecule has 0 saturated carbocycles. The standard InChI is InChI=1S/C19H20Cl2N2O2/c1-25-16-4-2-3-15(13-16)22-7-9-23(10-8-22)19(24)12-14-5-6-17(20)18(21)11-14/h2-6,11,13H,7-10,12H2,1H3. The van der Waals surface area contributed by atoms with Crippen LogP contribution in [0.3, 0.4) is 0 Å². The topological polar surface area (TPSA) is 32.8 Å². The maximum atomic E-state index is 12.5. The Hall–Kier alpha value is -1.91. The number of hydrogen-bond acceptors (Lipinski definition) is 3. The Kier molecular flexibility index (Phi) is 5.71. The van der Waals surface area contributed by atoms with Crippen LogP contribution in [-0.2, 0) is 11.2 Å². The summed E-state index contributed by atoms with van der Waals surface area (Å²) in [5.74, 6) is 0.958. The number of piperazine rings is 1. The lowest BCUT2D eigenvalue weighted by Gasteiger charge is -2.36. The minimum atomic E-state index is 0.115. The molecule has 0 atom stereocenters. The van der Waals surface area contributed by atoms with Crippen molar-refractivity contribution in [2.45, 2.75) is 6.42 Å². The molecule has 1 saturated heterocycles. The zero-order valence-corrected chi connectivity index (χ0v) is 15.6. The maximum absolute atomic E-state index is 12.5. The van der Waals surface area contributed by atoms with Crippen molar-refractivity contribution in [2.75, 3.05) is 38.2 Å². The number of methoxy groups -OCH3 is 1. The van der Waals surface area contributed by atoms with E-state index in [1.807, 2.05) is 29.2 Å². The number of carbonyl (C=O) groups is 1. The van der Waals surface area contributed by atoms with Crippen LogP contribution in [0.5, 0.6) is 5.75 Å². The lowest BCUT2D eigenvalue weighted by molar-refractivity contribution is -0.130. The van der Waals surface area contributed by atoms with Crippen molar-refractivity contribution in [3.63, 3.8) is 0 Å². The number of amides is 1. The number of benzene rings is 2. The second kappa shape index (κ2) is 7.98. The summed E-state index contributed by atoms with van der Waals surface area (Å²) in [6.07, 6.45) is 0.343. The molecule has 0 aliphatic carbocycles. The fourth-order valence-corrected chi connectivity index (χ4v) is 3.28. The van der Waals surface area contributed by atoms with Crippen molar-refractivity contribution in [3.05, 3.63) is 58.1 Å². The zero-order chi connectivity index (χ0) is 17.8. The summed E-state index contributed by atoms with van der Waals surface area (Å²) < 4.78 is 5.28. The lowest BCUT2D eigenvalue weighted by Crippen LogP contribution is -2.49. The third-order valence-corrected chi connectivity index (χ3v) is 5.13. The number of nitrogens with zero attached hydrogens (tertiary/aromatic N) is 2. The maximum Gasteiger partial charge on any atom is 0.227 e. The van der Waals surface area contributed by atoms with Gasteiger partial charge in [-0.05, 0) is 29.8 Å². The van der Waals surface area contributed by atoms with Gasteiger partial charge in [0.1, 0.15) is 5.75 Å². The zero-order valence-electron chi connectivity index (χ0n) is 14.0. The summed E-state index contributed by atoms with van der Waals surface area (Å²) in [6.45, 7) is 3.02. The van der Waals surface area contributed by atoms with E-state index < -0.39 is 0 Å². The van der Waals surface area contributed by atoms with Gasteiger partial charge in [-0.2, -0.15) is 0 Å². The molecule has 0 spiro atoms. The van der Waals surface area contributed by atoms with E-state index in [1.165, 1.54) is 0 Å². The highest BCUT2D eigenvalue weighted by Crippen LogP contribution is 2.24. The van der Waals surface area contributed by atoms with Crippen molar-refractivity contribution >= 4 is 34.8 Å². The largest absolute Gasteiger partial charge is 0.497 e. The molecule has 1 aliphatic heterocycles. The molecule has 4 nitrogen and oxygen atoms in total. The summed E-state index contributed by atoms with van der Waals surface area (Å²) in [6, 6.07) is 13.3. The molecule has 0 unspecified atom stereocenters. The summed E-state index contributed by atoms with van der Waals surface area (Å²) >= 11 is 11.9. The molecule has 1 aliphatic rings. The van der Waals surface area contributed by atoms with Gasteiger partial charge in [0.25, 0.3) is 0 Å². The molecule has 1 amide bonds. The van der Waals surface area contributed by atoms with Gasteiger partial charge < -0.3 is 14.5 Å². The molecule has 25 heavy (non-hydrogen) atoms. The molecule has 2 aromatic rings. The van der Waals surface area contributed by atoms with Crippen molar-refractivity contribution in [3.8, 4) is 5.75 Å². The van der Waals surface area contributed by atoms with Crippen molar-refractivity contribution in [2.24, 2.45) is 0 Å². The van der Waals surface area contributed by atoms with Crippen LogP contribution >= 0.6 is 23.2 Å². The molecule has 1 heterocycles. The van der Waals surface area contributed by atoms with Crippen LogP contribution < -0.4 is 9.64 Å². The first kappa shape index (κ1) is 17.9. The van der Waals surface area contributed by atoms with E-state index in [1.54, 1.807) is 19.2 Å². The fraction of sp³-hybridized carbons (Fsp3) is 0.316. The SMILES string of the molecule is COc1cccc(N2CCN(C(=O)Cc3ccc(Cl)c(Cl)c3)CC2)c1. The first-order valence-corrected chi connectivity index (χ1v) is 8.93. The summed E-state index contributed by atoms with van der Waals surface area (Å²) in [5.41, 5.74) is 2.01. The van der Waals surface area contributed by atoms with Gasteiger partial charge >= 0.3 is 0 Å². The monoisotopic (exact) mass is 378 g/mol. The van der Waals surface area contributed by atoms with Crippen molar-refractivity contribution in [1.29, 1.82) is 0 Å². The highest BCUT2D eigenvalue weighted by atomic mass is 35.5. The third kappa shape index (κ3) is 4.39. The number of anilines is 1. The molecular weight excluding hydrogens is 359 g/mol. The first-order valence-electron chi connectivity index (χ1n) is 8.17. The molecule has 1 fully saturated rings. The molecule has 0 aromatic heterocycles. The molecular formula is C19H20Cl2N2O2. The molecule has 0 radical (unpaired) electrons. The Morgan fingerprint density at radius 2 is 1.80 bits per heavy atom. The van der Waals surface area contributed by atoms with E-state index in [0.717, 1.165) is 30.1 Å². The van der Waals surface area contributed by atoms with Gasteiger partial charge in [-0.15, -0.1) is 0 Å². The molecule has 2 aromatic carbocycles. The van der Waals surface area contributed by atoms with Gasteiger partial charge in [-0.1, -0.05) is 35.3 Å². The average Bonchev–Trinajstić information content (AvgIpc) is 2.65. The van der Waals surface area contributed by atoms with Crippen LogP contribution in [-0.4, -0.2) is 44.1 Å². The highest BCUT2D eigenvalue weighted by molar-refractivity contribution is 6.42. The summed E-state index contributed by atoms with van der Waals surface area (Å²) in [4.78, 5) is 16.7. The smallest absolute Gasteiger partial charge is 0.227 e. The first-order chi connectivity index (χ1) is 12.1. The second-order valence-corrected chi connectivity index (χ2v) is 6.81. The Bertz CT molecular complexity index is 759. The van der Waals surface area contributed by atoms with Gasteiger partial charge in [0.05, 0.1) is 23.6 Å². The minimum absolute atomic E-state index is 0.115. The molecule has 3 rings (SSSR count). The van der Waals surface area contributed by atoms with Gasteiger partial charge in [0.2, 0.25) is 5.91 Å².